The average molecular weight is 283 g/mol. The van der Waals surface area contributed by atoms with Gasteiger partial charge < -0.3 is 10.6 Å². The number of piperazine rings is 1. The van der Waals surface area contributed by atoms with Gasteiger partial charge in [-0.1, -0.05) is 13.8 Å². The molecule has 1 heterocycles. The highest BCUT2D eigenvalue weighted by molar-refractivity contribution is 5.76. The second kappa shape index (κ2) is 7.41. The topological polar surface area (TPSA) is 49.6 Å². The molecule has 4 nitrogen and oxygen atoms in total. The molecule has 1 fully saturated rings. The quantitative estimate of drug-likeness (QED) is 0.810. The molecule has 20 heavy (non-hydrogen) atoms. The van der Waals surface area contributed by atoms with E-state index in [-0.39, 0.29) is 5.54 Å². The summed E-state index contributed by atoms with van der Waals surface area (Å²) < 4.78 is 0. The molecule has 0 bridgehead atoms. The van der Waals surface area contributed by atoms with Crippen LogP contribution in [0.1, 0.15) is 47.0 Å². The van der Waals surface area contributed by atoms with Crippen molar-refractivity contribution in [3.05, 3.63) is 0 Å². The van der Waals surface area contributed by atoms with E-state index < -0.39 is 0 Å². The van der Waals surface area contributed by atoms with Crippen molar-refractivity contribution in [2.24, 2.45) is 17.6 Å². The molecule has 0 spiro atoms. The smallest absolute Gasteiger partial charge is 0.222 e. The lowest BCUT2D eigenvalue weighted by molar-refractivity contribution is -0.136. The summed E-state index contributed by atoms with van der Waals surface area (Å²) in [6.45, 7) is 12.3. The van der Waals surface area contributed by atoms with Gasteiger partial charge >= 0.3 is 0 Å². The van der Waals surface area contributed by atoms with Crippen molar-refractivity contribution in [3.8, 4) is 0 Å². The van der Waals surface area contributed by atoms with E-state index in [1.54, 1.807) is 0 Å². The molecule has 0 aromatic heterocycles. The van der Waals surface area contributed by atoms with Crippen molar-refractivity contribution in [1.29, 1.82) is 0 Å². The third kappa shape index (κ3) is 4.74. The molecule has 1 atom stereocenters. The number of nitrogens with two attached hydrogens (primary N) is 1. The minimum atomic E-state index is 0.0859. The van der Waals surface area contributed by atoms with Crippen molar-refractivity contribution < 1.29 is 4.79 Å². The van der Waals surface area contributed by atoms with Gasteiger partial charge in [0.2, 0.25) is 5.91 Å². The second-order valence-corrected chi connectivity index (χ2v) is 7.17. The van der Waals surface area contributed by atoms with E-state index in [2.05, 4.69) is 39.6 Å². The molecule has 1 amide bonds. The Labute approximate surface area is 124 Å². The van der Waals surface area contributed by atoms with E-state index in [1.807, 2.05) is 4.90 Å². The number of nitrogens with zero attached hydrogens (tertiary/aromatic N) is 2. The molecule has 1 unspecified atom stereocenters. The number of rotatable bonds is 6. The van der Waals surface area contributed by atoms with Crippen molar-refractivity contribution >= 4 is 5.91 Å². The van der Waals surface area contributed by atoms with E-state index >= 15 is 0 Å². The molecule has 0 saturated carbocycles. The maximum Gasteiger partial charge on any atom is 0.222 e. The molecule has 0 aromatic carbocycles. The first-order valence-corrected chi connectivity index (χ1v) is 7.97. The maximum atomic E-state index is 12.4. The Morgan fingerprint density at radius 3 is 2.40 bits per heavy atom. The Morgan fingerprint density at radius 2 is 1.90 bits per heavy atom. The van der Waals surface area contributed by atoms with Crippen molar-refractivity contribution in [2.75, 3.05) is 33.2 Å². The maximum absolute atomic E-state index is 12.4. The van der Waals surface area contributed by atoms with Crippen LogP contribution in [-0.2, 0) is 4.79 Å². The fraction of sp³-hybridized carbons (Fsp3) is 0.938. The standard InChI is InChI=1S/C16H33N3O/c1-13(2)14(8-9-17)6-7-15(20)19-11-10-18(5)16(3,4)12-19/h13-14H,6-12,17H2,1-5H3. The third-order valence-corrected chi connectivity index (χ3v) is 4.88. The number of hydrogen-bond donors (Lipinski definition) is 1. The monoisotopic (exact) mass is 283 g/mol. The van der Waals surface area contributed by atoms with Gasteiger partial charge in [0.15, 0.2) is 0 Å². The fourth-order valence-electron chi connectivity index (χ4n) is 2.95. The second-order valence-electron chi connectivity index (χ2n) is 7.17. The van der Waals surface area contributed by atoms with Crippen LogP contribution in [0.3, 0.4) is 0 Å². The first-order valence-electron chi connectivity index (χ1n) is 7.97. The molecular formula is C16H33N3O. The van der Waals surface area contributed by atoms with Gasteiger partial charge in [0, 0.05) is 31.6 Å². The predicted molar refractivity (Wildman–Crippen MR) is 84.5 cm³/mol. The van der Waals surface area contributed by atoms with Crippen molar-refractivity contribution in [3.63, 3.8) is 0 Å². The number of amides is 1. The van der Waals surface area contributed by atoms with Crippen molar-refractivity contribution in [1.82, 2.24) is 9.80 Å². The van der Waals surface area contributed by atoms with Crippen LogP contribution < -0.4 is 5.73 Å². The van der Waals surface area contributed by atoms with Crippen molar-refractivity contribution in [2.45, 2.75) is 52.5 Å². The molecule has 1 rings (SSSR count). The number of likely N-dealkylation sites (N-methyl/N-ethyl adjacent to an activating group) is 1. The Bertz CT molecular complexity index is 315. The van der Waals surface area contributed by atoms with Crippen LogP contribution in [0.5, 0.6) is 0 Å². The highest BCUT2D eigenvalue weighted by atomic mass is 16.2. The van der Waals surface area contributed by atoms with Crippen LogP contribution in [-0.4, -0.2) is 54.5 Å². The van der Waals surface area contributed by atoms with Crippen LogP contribution in [0, 0.1) is 11.8 Å². The van der Waals surface area contributed by atoms with E-state index in [9.17, 15) is 4.79 Å². The molecule has 2 N–H and O–H groups in total. The molecule has 1 saturated heterocycles. The average Bonchev–Trinajstić information content (AvgIpc) is 2.36. The van der Waals surface area contributed by atoms with Gasteiger partial charge in [-0.05, 0) is 52.1 Å². The number of carbonyl (C=O) groups is 1. The first-order chi connectivity index (χ1) is 9.27. The molecular weight excluding hydrogens is 250 g/mol. The van der Waals surface area contributed by atoms with Crippen LogP contribution in [0.2, 0.25) is 0 Å². The molecule has 4 heteroatoms. The highest BCUT2D eigenvalue weighted by Gasteiger charge is 2.33. The largest absolute Gasteiger partial charge is 0.340 e. The summed E-state index contributed by atoms with van der Waals surface area (Å²) >= 11 is 0. The lowest BCUT2D eigenvalue weighted by Gasteiger charge is -2.45. The predicted octanol–water partition coefficient (Wildman–Crippen LogP) is 1.94. The van der Waals surface area contributed by atoms with Crippen LogP contribution in [0.15, 0.2) is 0 Å². The van der Waals surface area contributed by atoms with Crippen LogP contribution in [0.25, 0.3) is 0 Å². The van der Waals surface area contributed by atoms with Gasteiger partial charge in [-0.25, -0.2) is 0 Å². The lowest BCUT2D eigenvalue weighted by Crippen LogP contribution is -2.58. The van der Waals surface area contributed by atoms with Gasteiger partial charge in [-0.2, -0.15) is 0 Å². The van der Waals surface area contributed by atoms with E-state index in [1.165, 1.54) is 0 Å². The van der Waals surface area contributed by atoms with Gasteiger partial charge in [0.05, 0.1) is 0 Å². The summed E-state index contributed by atoms with van der Waals surface area (Å²) in [6.07, 6.45) is 2.67. The van der Waals surface area contributed by atoms with Gasteiger partial charge in [0.1, 0.15) is 0 Å². The Hall–Kier alpha value is -0.610. The molecule has 0 aliphatic carbocycles. The van der Waals surface area contributed by atoms with Gasteiger partial charge in [-0.15, -0.1) is 0 Å². The minimum absolute atomic E-state index is 0.0859. The summed E-state index contributed by atoms with van der Waals surface area (Å²) in [5.74, 6) is 1.49. The third-order valence-electron chi connectivity index (χ3n) is 4.88. The summed E-state index contributed by atoms with van der Waals surface area (Å²) in [4.78, 5) is 16.8. The summed E-state index contributed by atoms with van der Waals surface area (Å²) in [5, 5.41) is 0. The number of hydrogen-bond acceptors (Lipinski definition) is 3. The molecule has 0 aromatic rings. The van der Waals surface area contributed by atoms with E-state index in [4.69, 9.17) is 5.73 Å². The van der Waals surface area contributed by atoms with Gasteiger partial charge in [-0.3, -0.25) is 9.69 Å². The molecule has 1 aliphatic rings. The number of carbonyl (C=O) groups excluding carboxylic acids is 1. The Kier molecular flexibility index (Phi) is 6.46. The lowest BCUT2D eigenvalue weighted by atomic mass is 9.88. The van der Waals surface area contributed by atoms with E-state index in [0.717, 1.165) is 39.0 Å². The first kappa shape index (κ1) is 17.4. The Morgan fingerprint density at radius 1 is 1.25 bits per heavy atom. The zero-order chi connectivity index (χ0) is 15.3. The minimum Gasteiger partial charge on any atom is -0.340 e. The molecule has 1 aliphatic heterocycles. The van der Waals surface area contributed by atoms with Crippen LogP contribution >= 0.6 is 0 Å². The summed E-state index contributed by atoms with van der Waals surface area (Å²) in [5.41, 5.74) is 5.75. The van der Waals surface area contributed by atoms with Crippen LogP contribution in [0.4, 0.5) is 0 Å². The normalized spacial score (nSPS) is 21.2. The molecule has 118 valence electrons. The van der Waals surface area contributed by atoms with E-state index in [0.29, 0.717) is 24.2 Å². The Balaban J connectivity index is 2.46. The highest BCUT2D eigenvalue weighted by Crippen LogP contribution is 2.23. The zero-order valence-corrected chi connectivity index (χ0v) is 14.0. The van der Waals surface area contributed by atoms with Gasteiger partial charge in [0.25, 0.3) is 0 Å². The molecule has 0 radical (unpaired) electrons. The summed E-state index contributed by atoms with van der Waals surface area (Å²) in [7, 11) is 2.14. The zero-order valence-electron chi connectivity index (χ0n) is 14.0. The summed E-state index contributed by atoms with van der Waals surface area (Å²) in [6, 6.07) is 0. The SMILES string of the molecule is CC(C)C(CCN)CCC(=O)N1CCN(C)C(C)(C)C1. The fourth-order valence-corrected chi connectivity index (χ4v) is 2.95.